The molecule has 0 atom stereocenters. The van der Waals surface area contributed by atoms with E-state index in [9.17, 15) is 0 Å². The van der Waals surface area contributed by atoms with Gasteiger partial charge >= 0.3 is 0 Å². The molecule has 0 saturated heterocycles. The predicted molar refractivity (Wildman–Crippen MR) is 31.5 cm³/mol. The number of hydrogen-bond acceptors (Lipinski definition) is 4. The number of aliphatic hydroxyl groups is 3. The minimum Gasteiger partial charge on any atom is -0.394 e. The first kappa shape index (κ1) is 11.2. The molecule has 0 amide bonds. The molecule has 0 saturated carbocycles. The molecule has 4 nitrogen and oxygen atoms in total. The molecule has 0 aliphatic heterocycles. The largest absolute Gasteiger partial charge is 0.394 e. The standard InChI is InChI=1S/C3H8O3.C2H3N/c4-1-3(6)2-5;1-2-3/h3-6H,1-2H2;1H3. The lowest BCUT2D eigenvalue weighted by Crippen LogP contribution is -2.15. The molecule has 0 spiro atoms. The van der Waals surface area contributed by atoms with Gasteiger partial charge in [0.1, 0.15) is 6.10 Å². The molecule has 9 heavy (non-hydrogen) atoms. The summed E-state index contributed by atoms with van der Waals surface area (Å²) in [7, 11) is 0. The van der Waals surface area contributed by atoms with E-state index in [1.54, 1.807) is 6.07 Å². The van der Waals surface area contributed by atoms with Crippen LogP contribution in [0.15, 0.2) is 0 Å². The highest BCUT2D eigenvalue weighted by Gasteiger charge is 1.93. The van der Waals surface area contributed by atoms with Crippen molar-refractivity contribution < 1.29 is 15.3 Å². The van der Waals surface area contributed by atoms with E-state index in [0.717, 1.165) is 0 Å². The molecule has 54 valence electrons. The third-order valence-corrected chi connectivity index (χ3v) is 0.421. The van der Waals surface area contributed by atoms with Gasteiger partial charge in [-0.3, -0.25) is 0 Å². The molecule has 0 rings (SSSR count). The Morgan fingerprint density at radius 3 is 1.67 bits per heavy atom. The predicted octanol–water partition coefficient (Wildman–Crippen LogP) is -1.14. The van der Waals surface area contributed by atoms with Gasteiger partial charge in [-0.1, -0.05) is 0 Å². The number of aliphatic hydroxyl groups excluding tert-OH is 3. The summed E-state index contributed by atoms with van der Waals surface area (Å²) in [5.41, 5.74) is 0. The number of nitriles is 1. The third-order valence-electron chi connectivity index (χ3n) is 0.421. The molecule has 4 heteroatoms. The Kier molecular flexibility index (Phi) is 12.9. The molecule has 3 N–H and O–H groups in total. The summed E-state index contributed by atoms with van der Waals surface area (Å²) in [5.74, 6) is 0. The Bertz CT molecular complexity index is 74.8. The smallest absolute Gasteiger partial charge is 0.100 e. The highest BCUT2D eigenvalue weighted by Crippen LogP contribution is 1.71. The normalized spacial score (nSPS) is 7.56. The second kappa shape index (κ2) is 10.4. The van der Waals surface area contributed by atoms with E-state index in [-0.39, 0.29) is 13.2 Å². The van der Waals surface area contributed by atoms with Crippen LogP contribution in [0.2, 0.25) is 0 Å². The highest BCUT2D eigenvalue weighted by atomic mass is 16.3. The van der Waals surface area contributed by atoms with Crippen LogP contribution >= 0.6 is 0 Å². The quantitative estimate of drug-likeness (QED) is 0.444. The molecule has 0 heterocycles. The van der Waals surface area contributed by atoms with Crippen LogP contribution in [-0.4, -0.2) is 34.6 Å². The summed E-state index contributed by atoms with van der Waals surface area (Å²) in [6.07, 6.45) is -0.954. The molecule has 0 fully saturated rings. The van der Waals surface area contributed by atoms with Crippen molar-refractivity contribution in [3.8, 4) is 6.07 Å². The van der Waals surface area contributed by atoms with Crippen LogP contribution in [0.1, 0.15) is 6.92 Å². The Hall–Kier alpha value is -0.630. The van der Waals surface area contributed by atoms with Crippen molar-refractivity contribution in [1.82, 2.24) is 0 Å². The monoisotopic (exact) mass is 133 g/mol. The van der Waals surface area contributed by atoms with Crippen LogP contribution in [0.25, 0.3) is 0 Å². The second-order valence-corrected chi connectivity index (χ2v) is 1.24. The summed E-state index contributed by atoms with van der Waals surface area (Å²) in [6, 6.07) is 1.75. The SMILES string of the molecule is CC#N.OCC(O)CO. The van der Waals surface area contributed by atoms with Gasteiger partial charge in [0.15, 0.2) is 0 Å². The van der Waals surface area contributed by atoms with Crippen molar-refractivity contribution in [3.05, 3.63) is 0 Å². The van der Waals surface area contributed by atoms with Crippen LogP contribution in [0, 0.1) is 11.3 Å². The molecule has 0 bridgehead atoms. The average molecular weight is 133 g/mol. The van der Waals surface area contributed by atoms with Crippen LogP contribution in [0.4, 0.5) is 0 Å². The fourth-order valence-corrected chi connectivity index (χ4v) is 0.0577. The zero-order valence-electron chi connectivity index (χ0n) is 5.28. The van der Waals surface area contributed by atoms with Crippen LogP contribution in [0.5, 0.6) is 0 Å². The Labute approximate surface area is 54.0 Å². The molecule has 0 aliphatic carbocycles. The lowest BCUT2D eigenvalue weighted by atomic mass is 10.4. The molecule has 0 aliphatic rings. The minimum atomic E-state index is -0.954. The second-order valence-electron chi connectivity index (χ2n) is 1.24. The summed E-state index contributed by atoms with van der Waals surface area (Å²) < 4.78 is 0. The maximum Gasteiger partial charge on any atom is 0.100 e. The van der Waals surface area contributed by atoms with E-state index < -0.39 is 6.10 Å². The fraction of sp³-hybridized carbons (Fsp3) is 0.800. The van der Waals surface area contributed by atoms with Crippen molar-refractivity contribution in [1.29, 1.82) is 5.26 Å². The Morgan fingerprint density at radius 2 is 1.67 bits per heavy atom. The Balaban J connectivity index is 0. The van der Waals surface area contributed by atoms with Gasteiger partial charge in [0, 0.05) is 6.92 Å². The first-order valence-corrected chi connectivity index (χ1v) is 2.43. The van der Waals surface area contributed by atoms with Gasteiger partial charge in [0.2, 0.25) is 0 Å². The number of hydrogen-bond donors (Lipinski definition) is 3. The average Bonchev–Trinajstić information content (AvgIpc) is 1.88. The van der Waals surface area contributed by atoms with Gasteiger partial charge in [0.25, 0.3) is 0 Å². The van der Waals surface area contributed by atoms with Gasteiger partial charge < -0.3 is 15.3 Å². The van der Waals surface area contributed by atoms with Crippen molar-refractivity contribution in [2.24, 2.45) is 0 Å². The van der Waals surface area contributed by atoms with Crippen LogP contribution in [0.3, 0.4) is 0 Å². The summed E-state index contributed by atoms with van der Waals surface area (Å²) in [5, 5.41) is 31.3. The first-order valence-electron chi connectivity index (χ1n) is 2.43. The Morgan fingerprint density at radius 1 is 1.44 bits per heavy atom. The van der Waals surface area contributed by atoms with Crippen molar-refractivity contribution in [2.45, 2.75) is 13.0 Å². The lowest BCUT2D eigenvalue weighted by molar-refractivity contribution is 0.0450. The third kappa shape index (κ3) is 18.7. The van der Waals surface area contributed by atoms with E-state index in [1.807, 2.05) is 0 Å². The van der Waals surface area contributed by atoms with Gasteiger partial charge in [-0.15, -0.1) is 0 Å². The topological polar surface area (TPSA) is 84.5 Å². The fourth-order valence-electron chi connectivity index (χ4n) is 0.0577. The van der Waals surface area contributed by atoms with Crippen molar-refractivity contribution in [2.75, 3.05) is 13.2 Å². The van der Waals surface area contributed by atoms with Crippen LogP contribution in [-0.2, 0) is 0 Å². The molecule has 0 aromatic rings. The summed E-state index contributed by atoms with van der Waals surface area (Å²) in [4.78, 5) is 0. The number of nitrogens with zero attached hydrogens (tertiary/aromatic N) is 1. The van der Waals surface area contributed by atoms with E-state index in [4.69, 9.17) is 20.6 Å². The number of rotatable bonds is 2. The van der Waals surface area contributed by atoms with Crippen molar-refractivity contribution >= 4 is 0 Å². The molecule has 0 aromatic carbocycles. The molecular formula is C5H11NO3. The van der Waals surface area contributed by atoms with E-state index in [0.29, 0.717) is 0 Å². The highest BCUT2D eigenvalue weighted by molar-refractivity contribution is 4.51. The van der Waals surface area contributed by atoms with Gasteiger partial charge in [0.05, 0.1) is 19.3 Å². The van der Waals surface area contributed by atoms with E-state index in [1.165, 1.54) is 6.92 Å². The minimum absolute atomic E-state index is 0.365. The maximum atomic E-state index is 8.17. The van der Waals surface area contributed by atoms with Gasteiger partial charge in [-0.05, 0) is 0 Å². The van der Waals surface area contributed by atoms with E-state index >= 15 is 0 Å². The maximum absolute atomic E-state index is 8.17. The molecule has 0 radical (unpaired) electrons. The summed E-state index contributed by atoms with van der Waals surface area (Å²) >= 11 is 0. The van der Waals surface area contributed by atoms with Gasteiger partial charge in [-0.2, -0.15) is 5.26 Å². The van der Waals surface area contributed by atoms with Gasteiger partial charge in [-0.25, -0.2) is 0 Å². The zero-order chi connectivity index (χ0) is 7.70. The molecular weight excluding hydrogens is 122 g/mol. The molecule has 0 unspecified atom stereocenters. The van der Waals surface area contributed by atoms with Crippen LogP contribution < -0.4 is 0 Å². The summed E-state index contributed by atoms with van der Waals surface area (Å²) in [6.45, 7) is 0.701. The molecule has 0 aromatic heterocycles. The van der Waals surface area contributed by atoms with E-state index in [2.05, 4.69) is 0 Å². The van der Waals surface area contributed by atoms with Crippen molar-refractivity contribution in [3.63, 3.8) is 0 Å². The lowest BCUT2D eigenvalue weighted by Gasteiger charge is -1.96. The zero-order valence-corrected chi connectivity index (χ0v) is 5.28. The first-order chi connectivity index (χ1) is 4.22.